The molecule has 0 aliphatic carbocycles. The summed E-state index contributed by atoms with van der Waals surface area (Å²) < 4.78 is 0. The van der Waals surface area contributed by atoms with E-state index in [9.17, 15) is 0 Å². The van der Waals surface area contributed by atoms with Crippen LogP contribution in [0.4, 0.5) is 0 Å². The minimum absolute atomic E-state index is 0.759. The third-order valence-electron chi connectivity index (χ3n) is 2.70. The van der Waals surface area contributed by atoms with Gasteiger partial charge in [-0.3, -0.25) is 0 Å². The molecule has 0 fully saturated rings. The lowest BCUT2D eigenvalue weighted by Crippen LogP contribution is -1.97. The first-order valence-electron chi connectivity index (χ1n) is 5.49. The Morgan fingerprint density at radius 2 is 1.86 bits per heavy atom. The molecule has 1 atom stereocenters. The number of unbranched alkanes of at least 4 members (excludes halogenated alkanes) is 1. The second-order valence-corrected chi connectivity index (χ2v) is 4.49. The summed E-state index contributed by atoms with van der Waals surface area (Å²) in [6, 6.07) is 10.9. The molecule has 0 bridgehead atoms. The van der Waals surface area contributed by atoms with Crippen LogP contribution >= 0.6 is 15.9 Å². The second kappa shape index (κ2) is 7.05. The third-order valence-corrected chi connectivity index (χ3v) is 3.26. The Bertz CT molecular complexity index is 230. The van der Waals surface area contributed by atoms with Gasteiger partial charge in [0, 0.05) is 5.33 Å². The highest BCUT2D eigenvalue weighted by molar-refractivity contribution is 9.09. The molecule has 14 heavy (non-hydrogen) atoms. The van der Waals surface area contributed by atoms with Gasteiger partial charge in [-0.2, -0.15) is 0 Å². The fraction of sp³-hybridized carbons (Fsp3) is 0.538. The van der Waals surface area contributed by atoms with E-state index in [-0.39, 0.29) is 0 Å². The molecule has 1 aromatic rings. The third kappa shape index (κ3) is 3.83. The number of hydrogen-bond donors (Lipinski definition) is 0. The molecule has 0 aromatic heterocycles. The van der Waals surface area contributed by atoms with Gasteiger partial charge >= 0.3 is 0 Å². The van der Waals surface area contributed by atoms with Crippen molar-refractivity contribution in [2.24, 2.45) is 0 Å². The fourth-order valence-electron chi connectivity index (χ4n) is 1.82. The summed E-state index contributed by atoms with van der Waals surface area (Å²) in [6.45, 7) is 2.28. The molecule has 0 N–H and O–H groups in total. The Labute approximate surface area is 95.9 Å². The van der Waals surface area contributed by atoms with Crippen molar-refractivity contribution in [1.82, 2.24) is 0 Å². The first-order valence-corrected chi connectivity index (χ1v) is 6.61. The van der Waals surface area contributed by atoms with Crippen molar-refractivity contribution < 1.29 is 0 Å². The number of halogens is 1. The molecular formula is C13H19Br. The molecule has 0 amide bonds. The van der Waals surface area contributed by atoms with Crippen LogP contribution in [0.3, 0.4) is 0 Å². The van der Waals surface area contributed by atoms with Crippen molar-refractivity contribution in [2.75, 3.05) is 5.33 Å². The Hall–Kier alpha value is -0.300. The Kier molecular flexibility index (Phi) is 5.93. The molecule has 0 heterocycles. The zero-order valence-corrected chi connectivity index (χ0v) is 10.5. The van der Waals surface area contributed by atoms with E-state index in [0.717, 1.165) is 11.2 Å². The lowest BCUT2D eigenvalue weighted by Gasteiger charge is -2.14. The van der Waals surface area contributed by atoms with Crippen LogP contribution in [-0.2, 0) is 0 Å². The van der Waals surface area contributed by atoms with E-state index in [2.05, 4.69) is 53.2 Å². The van der Waals surface area contributed by atoms with Crippen molar-refractivity contribution >= 4 is 15.9 Å². The predicted molar refractivity (Wildman–Crippen MR) is 67.1 cm³/mol. The maximum absolute atomic E-state index is 3.48. The minimum atomic E-state index is 0.759. The lowest BCUT2D eigenvalue weighted by molar-refractivity contribution is 0.572. The number of hydrogen-bond acceptors (Lipinski definition) is 0. The van der Waals surface area contributed by atoms with E-state index in [0.29, 0.717) is 0 Å². The molecular weight excluding hydrogens is 236 g/mol. The highest BCUT2D eigenvalue weighted by Crippen LogP contribution is 2.25. The first kappa shape index (κ1) is 11.8. The van der Waals surface area contributed by atoms with Crippen molar-refractivity contribution in [3.8, 4) is 0 Å². The summed E-state index contributed by atoms with van der Waals surface area (Å²) in [5.41, 5.74) is 1.50. The summed E-state index contributed by atoms with van der Waals surface area (Å²) >= 11 is 3.48. The topological polar surface area (TPSA) is 0 Å². The Balaban J connectivity index is 2.46. The average Bonchev–Trinajstić information content (AvgIpc) is 2.26. The van der Waals surface area contributed by atoms with E-state index >= 15 is 0 Å². The van der Waals surface area contributed by atoms with Gasteiger partial charge in [0.1, 0.15) is 0 Å². The van der Waals surface area contributed by atoms with E-state index in [1.807, 2.05) is 0 Å². The van der Waals surface area contributed by atoms with Gasteiger partial charge in [0.25, 0.3) is 0 Å². The van der Waals surface area contributed by atoms with Gasteiger partial charge in [0.15, 0.2) is 0 Å². The standard InChI is InChI=1S/C13H19Br/c1-2-12(8-6-7-11-14)13-9-4-3-5-10-13/h3-5,9-10,12H,2,6-8,11H2,1H3/t12-/m1/s1. The second-order valence-electron chi connectivity index (χ2n) is 3.70. The van der Waals surface area contributed by atoms with Crippen molar-refractivity contribution in [1.29, 1.82) is 0 Å². The molecule has 1 heteroatoms. The quantitative estimate of drug-likeness (QED) is 0.508. The summed E-state index contributed by atoms with van der Waals surface area (Å²) in [6.07, 6.45) is 5.21. The maximum atomic E-state index is 3.48. The summed E-state index contributed by atoms with van der Waals surface area (Å²) in [7, 11) is 0. The molecule has 0 radical (unpaired) electrons. The van der Waals surface area contributed by atoms with Crippen LogP contribution in [0.5, 0.6) is 0 Å². The van der Waals surface area contributed by atoms with Gasteiger partial charge in [-0.05, 0) is 30.7 Å². The van der Waals surface area contributed by atoms with Gasteiger partial charge in [-0.15, -0.1) is 0 Å². The monoisotopic (exact) mass is 254 g/mol. The minimum Gasteiger partial charge on any atom is -0.0928 e. The molecule has 0 aliphatic rings. The zero-order valence-electron chi connectivity index (χ0n) is 8.88. The largest absolute Gasteiger partial charge is 0.0928 e. The summed E-state index contributed by atoms with van der Waals surface area (Å²) in [5, 5.41) is 1.14. The molecule has 1 rings (SSSR count). The molecule has 0 aliphatic heterocycles. The van der Waals surface area contributed by atoms with Gasteiger partial charge in [0.2, 0.25) is 0 Å². The van der Waals surface area contributed by atoms with Gasteiger partial charge in [-0.1, -0.05) is 59.6 Å². The molecule has 0 nitrogen and oxygen atoms in total. The Morgan fingerprint density at radius 1 is 1.14 bits per heavy atom. The molecule has 0 spiro atoms. The fourth-order valence-corrected chi connectivity index (χ4v) is 2.21. The zero-order chi connectivity index (χ0) is 10.2. The highest BCUT2D eigenvalue weighted by atomic mass is 79.9. The van der Waals surface area contributed by atoms with Crippen molar-refractivity contribution in [2.45, 2.75) is 38.5 Å². The molecule has 78 valence electrons. The predicted octanol–water partition coefficient (Wildman–Crippen LogP) is 4.75. The van der Waals surface area contributed by atoms with E-state index in [1.54, 1.807) is 0 Å². The normalized spacial score (nSPS) is 12.7. The number of alkyl halides is 1. The van der Waals surface area contributed by atoms with Crippen LogP contribution in [0.1, 0.15) is 44.1 Å². The van der Waals surface area contributed by atoms with Crippen LogP contribution in [0, 0.1) is 0 Å². The molecule has 0 saturated carbocycles. The van der Waals surface area contributed by atoms with Crippen LogP contribution in [0.25, 0.3) is 0 Å². The SMILES string of the molecule is CC[C@H](CCCCBr)c1ccccc1. The Morgan fingerprint density at radius 3 is 2.43 bits per heavy atom. The van der Waals surface area contributed by atoms with Crippen LogP contribution < -0.4 is 0 Å². The average molecular weight is 255 g/mol. The molecule has 1 aromatic carbocycles. The molecule has 0 saturated heterocycles. The van der Waals surface area contributed by atoms with Crippen molar-refractivity contribution in [3.63, 3.8) is 0 Å². The van der Waals surface area contributed by atoms with Gasteiger partial charge < -0.3 is 0 Å². The van der Waals surface area contributed by atoms with Crippen LogP contribution in [-0.4, -0.2) is 5.33 Å². The maximum Gasteiger partial charge on any atom is 0.00313 e. The van der Waals surface area contributed by atoms with E-state index in [1.165, 1.54) is 31.2 Å². The summed E-state index contributed by atoms with van der Waals surface area (Å²) in [5.74, 6) is 0.759. The molecule has 0 unspecified atom stereocenters. The smallest absolute Gasteiger partial charge is 0.00313 e. The van der Waals surface area contributed by atoms with E-state index < -0.39 is 0 Å². The van der Waals surface area contributed by atoms with Crippen molar-refractivity contribution in [3.05, 3.63) is 35.9 Å². The van der Waals surface area contributed by atoms with E-state index in [4.69, 9.17) is 0 Å². The lowest BCUT2D eigenvalue weighted by atomic mass is 9.91. The van der Waals surface area contributed by atoms with Crippen LogP contribution in [0.2, 0.25) is 0 Å². The number of benzene rings is 1. The highest BCUT2D eigenvalue weighted by Gasteiger charge is 2.07. The van der Waals surface area contributed by atoms with Crippen LogP contribution in [0.15, 0.2) is 30.3 Å². The summed E-state index contributed by atoms with van der Waals surface area (Å²) in [4.78, 5) is 0. The number of rotatable bonds is 6. The van der Waals surface area contributed by atoms with Gasteiger partial charge in [-0.25, -0.2) is 0 Å². The first-order chi connectivity index (χ1) is 6.88. The van der Waals surface area contributed by atoms with Gasteiger partial charge in [0.05, 0.1) is 0 Å².